The Hall–Kier alpha value is -2.45. The summed E-state index contributed by atoms with van der Waals surface area (Å²) in [5.41, 5.74) is -1.18. The predicted molar refractivity (Wildman–Crippen MR) is 119 cm³/mol. The molecule has 30 heavy (non-hydrogen) atoms. The van der Waals surface area contributed by atoms with Crippen molar-refractivity contribution >= 4 is 27.6 Å². The molecule has 5 heteroatoms. The Kier molecular flexibility index (Phi) is 5.55. The zero-order chi connectivity index (χ0) is 21.4. The first-order valence-electron chi connectivity index (χ1n) is 10.5. The summed E-state index contributed by atoms with van der Waals surface area (Å²) in [6, 6.07) is 19.0. The smallest absolute Gasteiger partial charge is 0.242 e. The van der Waals surface area contributed by atoms with Crippen LogP contribution >= 0.6 is 15.9 Å². The minimum atomic E-state index is -1.42. The monoisotopic (exact) mass is 464 g/mol. The van der Waals surface area contributed by atoms with E-state index >= 15 is 0 Å². The second-order valence-corrected chi connectivity index (χ2v) is 9.53. The molecule has 2 saturated carbocycles. The van der Waals surface area contributed by atoms with E-state index in [1.807, 2.05) is 42.5 Å². The van der Waals surface area contributed by atoms with Gasteiger partial charge in [-0.3, -0.25) is 9.59 Å². The van der Waals surface area contributed by atoms with E-state index in [1.165, 1.54) is 6.42 Å². The first kappa shape index (κ1) is 20.8. The molecule has 4 rings (SSSR count). The molecule has 2 aromatic rings. The molecule has 0 aliphatic heterocycles. The summed E-state index contributed by atoms with van der Waals surface area (Å²) in [7, 11) is 0. The Balaban J connectivity index is 1.76. The van der Waals surface area contributed by atoms with E-state index in [2.05, 4.69) is 27.3 Å². The largest absolute Gasteiger partial charge is 0.352 e. The third-order valence-corrected chi connectivity index (χ3v) is 7.40. The van der Waals surface area contributed by atoms with Crippen LogP contribution in [-0.4, -0.2) is 17.7 Å². The van der Waals surface area contributed by atoms with Crippen LogP contribution in [0.4, 0.5) is 0 Å². The number of nitriles is 1. The molecule has 0 unspecified atom stereocenters. The summed E-state index contributed by atoms with van der Waals surface area (Å²) < 4.78 is 0.862. The number of ketones is 1. The molecule has 4 nitrogen and oxygen atoms in total. The molecule has 2 fully saturated rings. The third-order valence-electron chi connectivity index (χ3n) is 6.91. The molecule has 2 aliphatic carbocycles. The van der Waals surface area contributed by atoms with Crippen molar-refractivity contribution in [1.29, 1.82) is 5.26 Å². The van der Waals surface area contributed by atoms with Crippen LogP contribution in [0.2, 0.25) is 0 Å². The fraction of sp³-hybridized carbons (Fsp3) is 0.400. The fourth-order valence-corrected chi connectivity index (χ4v) is 5.65. The Morgan fingerprint density at radius 3 is 2.40 bits per heavy atom. The zero-order valence-corrected chi connectivity index (χ0v) is 18.6. The Morgan fingerprint density at radius 1 is 1.07 bits per heavy atom. The maximum atomic E-state index is 13.6. The van der Waals surface area contributed by atoms with Crippen molar-refractivity contribution in [3.63, 3.8) is 0 Å². The van der Waals surface area contributed by atoms with Crippen LogP contribution in [0.25, 0.3) is 0 Å². The lowest BCUT2D eigenvalue weighted by Crippen LogP contribution is -2.43. The van der Waals surface area contributed by atoms with E-state index in [1.54, 1.807) is 19.1 Å². The van der Waals surface area contributed by atoms with Gasteiger partial charge in [-0.2, -0.15) is 5.26 Å². The third kappa shape index (κ3) is 3.18. The molecular formula is C25H25BrN2O2. The van der Waals surface area contributed by atoms with Gasteiger partial charge in [0, 0.05) is 22.0 Å². The number of hydrogen-bond donors (Lipinski definition) is 1. The van der Waals surface area contributed by atoms with Crippen molar-refractivity contribution in [3.05, 3.63) is 70.2 Å². The van der Waals surface area contributed by atoms with E-state index in [-0.39, 0.29) is 17.7 Å². The Morgan fingerprint density at radius 2 is 1.77 bits per heavy atom. The SMILES string of the molecule is C[C@]1(C(=O)c2ccccc2)[C@H](c2cccc(Br)c2)[C@@]1(C#N)C(=O)NC1CCCCC1. The normalized spacial score (nSPS) is 28.4. The Bertz CT molecular complexity index is 1010. The van der Waals surface area contributed by atoms with Gasteiger partial charge in [-0.15, -0.1) is 0 Å². The highest BCUT2D eigenvalue weighted by molar-refractivity contribution is 9.10. The van der Waals surface area contributed by atoms with Crippen molar-refractivity contribution in [3.8, 4) is 6.07 Å². The fourth-order valence-electron chi connectivity index (χ4n) is 5.23. The molecule has 3 atom stereocenters. The first-order chi connectivity index (χ1) is 14.4. The molecule has 154 valence electrons. The summed E-state index contributed by atoms with van der Waals surface area (Å²) in [6.07, 6.45) is 5.20. The topological polar surface area (TPSA) is 70.0 Å². The van der Waals surface area contributed by atoms with Gasteiger partial charge in [-0.05, 0) is 37.5 Å². The predicted octanol–water partition coefficient (Wildman–Crippen LogP) is 5.39. The van der Waals surface area contributed by atoms with Crippen molar-refractivity contribution in [2.75, 3.05) is 0 Å². The van der Waals surface area contributed by atoms with Crippen molar-refractivity contribution in [1.82, 2.24) is 5.32 Å². The molecule has 0 aromatic heterocycles. The van der Waals surface area contributed by atoms with Gasteiger partial charge in [0.2, 0.25) is 5.91 Å². The highest BCUT2D eigenvalue weighted by atomic mass is 79.9. The second-order valence-electron chi connectivity index (χ2n) is 8.61. The Labute approximate surface area is 185 Å². The molecule has 1 N–H and O–H groups in total. The van der Waals surface area contributed by atoms with Crippen LogP contribution in [0.1, 0.15) is 60.9 Å². The van der Waals surface area contributed by atoms with Crippen LogP contribution in [0.5, 0.6) is 0 Å². The molecule has 0 radical (unpaired) electrons. The van der Waals surface area contributed by atoms with Gasteiger partial charge < -0.3 is 5.32 Å². The summed E-state index contributed by atoms with van der Waals surface area (Å²) >= 11 is 3.49. The van der Waals surface area contributed by atoms with Crippen molar-refractivity contribution in [2.24, 2.45) is 10.8 Å². The minimum absolute atomic E-state index is 0.0799. The highest BCUT2D eigenvalue weighted by Gasteiger charge is 2.82. The standard InChI is InChI=1S/C25H25BrN2O2/c1-24(22(29)17-9-4-2-5-10-17)21(18-11-8-12-19(26)15-18)25(24,16-27)23(30)28-20-13-6-3-7-14-20/h2,4-5,8-12,15,20-21H,3,6-7,13-14H2,1H3,(H,28,30)/t21-,24+,25-/m0/s1. The number of benzene rings is 2. The van der Waals surface area contributed by atoms with Crippen LogP contribution < -0.4 is 5.32 Å². The average molecular weight is 465 g/mol. The van der Waals surface area contributed by atoms with E-state index in [9.17, 15) is 14.9 Å². The maximum absolute atomic E-state index is 13.6. The highest BCUT2D eigenvalue weighted by Crippen LogP contribution is 2.75. The quantitative estimate of drug-likeness (QED) is 0.602. The van der Waals surface area contributed by atoms with Crippen LogP contribution in [0.15, 0.2) is 59.1 Å². The van der Waals surface area contributed by atoms with Crippen LogP contribution in [0, 0.1) is 22.2 Å². The van der Waals surface area contributed by atoms with Gasteiger partial charge in [-0.25, -0.2) is 0 Å². The van der Waals surface area contributed by atoms with Gasteiger partial charge in [-0.1, -0.05) is 77.7 Å². The molecular weight excluding hydrogens is 440 g/mol. The van der Waals surface area contributed by atoms with Crippen molar-refractivity contribution in [2.45, 2.75) is 51.0 Å². The number of Topliss-reactive ketones (excluding diaryl/α,β-unsaturated/α-hetero) is 1. The zero-order valence-electron chi connectivity index (χ0n) is 17.0. The number of carbonyl (C=O) groups is 2. The molecule has 0 bridgehead atoms. The summed E-state index contributed by atoms with van der Waals surface area (Å²) in [6.45, 7) is 1.78. The second kappa shape index (κ2) is 8.00. The van der Waals surface area contributed by atoms with E-state index in [4.69, 9.17) is 0 Å². The molecule has 2 aromatic carbocycles. The van der Waals surface area contributed by atoms with Gasteiger partial charge in [0.1, 0.15) is 0 Å². The minimum Gasteiger partial charge on any atom is -0.352 e. The van der Waals surface area contributed by atoms with Gasteiger partial charge in [0.15, 0.2) is 11.2 Å². The molecule has 0 saturated heterocycles. The number of halogens is 1. The van der Waals surface area contributed by atoms with E-state index < -0.39 is 16.7 Å². The molecule has 2 aliphatic rings. The number of nitrogens with one attached hydrogen (secondary N) is 1. The summed E-state index contributed by atoms with van der Waals surface area (Å²) in [4.78, 5) is 27.2. The van der Waals surface area contributed by atoms with Gasteiger partial charge in [0.25, 0.3) is 0 Å². The first-order valence-corrected chi connectivity index (χ1v) is 11.3. The van der Waals surface area contributed by atoms with Gasteiger partial charge in [0.05, 0.1) is 11.5 Å². The van der Waals surface area contributed by atoms with Crippen LogP contribution in [0.3, 0.4) is 0 Å². The average Bonchev–Trinajstić information content (AvgIpc) is 3.35. The number of amides is 1. The lowest BCUT2D eigenvalue weighted by atomic mass is 9.86. The van der Waals surface area contributed by atoms with E-state index in [0.29, 0.717) is 5.56 Å². The molecule has 0 heterocycles. The summed E-state index contributed by atoms with van der Waals surface area (Å²) in [5.74, 6) is -0.967. The number of nitrogens with zero attached hydrogens (tertiary/aromatic N) is 1. The van der Waals surface area contributed by atoms with Crippen molar-refractivity contribution < 1.29 is 9.59 Å². The van der Waals surface area contributed by atoms with Gasteiger partial charge >= 0.3 is 0 Å². The van der Waals surface area contributed by atoms with Crippen LogP contribution in [-0.2, 0) is 4.79 Å². The lowest BCUT2D eigenvalue weighted by molar-refractivity contribution is -0.126. The maximum Gasteiger partial charge on any atom is 0.242 e. The summed E-state index contributed by atoms with van der Waals surface area (Å²) in [5, 5.41) is 13.4. The lowest BCUT2D eigenvalue weighted by Gasteiger charge is -2.25. The number of rotatable bonds is 5. The van der Waals surface area contributed by atoms with E-state index in [0.717, 1.165) is 35.7 Å². The molecule has 1 amide bonds. The molecule has 0 spiro atoms. The number of hydrogen-bond acceptors (Lipinski definition) is 3. The number of carbonyl (C=O) groups excluding carboxylic acids is 2.